The van der Waals surface area contributed by atoms with E-state index in [1.165, 1.54) is 8.96 Å². The molecule has 0 aliphatic carbocycles. The third-order valence-corrected chi connectivity index (χ3v) is 13.4. The molecule has 0 atom stereocenters. The fourth-order valence-corrected chi connectivity index (χ4v) is 12.5. The molecule has 1 N–H and O–H groups in total. The number of nitrogens with one attached hydrogen (secondary N) is 1. The fourth-order valence-electron chi connectivity index (χ4n) is 4.96. The Hall–Kier alpha value is -1.34. The van der Waals surface area contributed by atoms with Crippen LogP contribution < -0.4 is 5.32 Å². The van der Waals surface area contributed by atoms with E-state index in [0.29, 0.717) is 16.6 Å². The van der Waals surface area contributed by atoms with Gasteiger partial charge in [-0.05, 0) is 57.4 Å². The maximum absolute atomic E-state index is 4.94. The predicted molar refractivity (Wildman–Crippen MR) is 129 cm³/mol. The highest BCUT2D eigenvalue weighted by Gasteiger charge is 2.46. The summed E-state index contributed by atoms with van der Waals surface area (Å²) in [5.74, 6) is 0. The number of hydrogen-bond acceptors (Lipinski definition) is 2. The van der Waals surface area contributed by atoms with Crippen molar-refractivity contribution in [3.8, 4) is 0 Å². The van der Waals surface area contributed by atoms with Crippen molar-refractivity contribution in [3.63, 3.8) is 0 Å². The summed E-state index contributed by atoms with van der Waals surface area (Å²) in [5.41, 5.74) is 5.20. The fraction of sp³-hybridized carbons (Fsp3) is 0.409. The Morgan fingerprint density at radius 3 is 2.07 bits per heavy atom. The maximum Gasteiger partial charge on any atom is 0.171 e. The molecule has 5 heteroatoms. The topological polar surface area (TPSA) is 29.9 Å². The first-order valence-corrected chi connectivity index (χ1v) is 13.0. The Bertz CT molecular complexity index is 894. The van der Waals surface area contributed by atoms with Gasteiger partial charge in [-0.3, -0.25) is 0 Å². The van der Waals surface area contributed by atoms with Crippen LogP contribution >= 0.6 is 22.6 Å². The molecule has 144 valence electrons. The number of halogens is 1. The number of rotatable bonds is 6. The van der Waals surface area contributed by atoms with Crippen LogP contribution in [-0.4, -0.2) is 17.5 Å². The normalized spacial score (nSPS) is 12.5. The average molecular weight is 491 g/mol. The molecule has 2 heterocycles. The number of benzene rings is 1. The Labute approximate surface area is 177 Å². The first kappa shape index (κ1) is 20.4. The Kier molecular flexibility index (Phi) is 6.01. The third-order valence-electron chi connectivity index (χ3n) is 5.85. The first-order chi connectivity index (χ1) is 12.8. The zero-order valence-electron chi connectivity index (χ0n) is 17.1. The summed E-state index contributed by atoms with van der Waals surface area (Å²) in [6.45, 7) is 14.4. The Balaban J connectivity index is 2.13. The summed E-state index contributed by atoms with van der Waals surface area (Å²) in [6, 6.07) is 12.5. The number of nitrogens with zero attached hydrogens (tertiary/aromatic N) is 2. The van der Waals surface area contributed by atoms with Crippen LogP contribution in [0.4, 0.5) is 11.4 Å². The zero-order chi connectivity index (χ0) is 19.8. The molecule has 0 saturated heterocycles. The van der Waals surface area contributed by atoms with Gasteiger partial charge < -0.3 is 9.55 Å². The summed E-state index contributed by atoms with van der Waals surface area (Å²) in [6.07, 6.45) is 4.33. The standard InChI is InChI=1S/C22H30IN3Si/c1-15(2)27(16(3)4,17(5)6)26-14-21(23)20-12-19(13-24-22(20)26)25-18-10-8-7-9-11-18/h7-17,25H,1-6H3. The lowest BCUT2D eigenvalue weighted by molar-refractivity contribution is 0.770. The molecule has 0 saturated carbocycles. The second-order valence-corrected chi connectivity index (χ2v) is 15.2. The van der Waals surface area contributed by atoms with Crippen LogP contribution in [-0.2, 0) is 0 Å². The Morgan fingerprint density at radius 2 is 1.52 bits per heavy atom. The summed E-state index contributed by atoms with van der Waals surface area (Å²) in [5, 5.41) is 4.72. The maximum atomic E-state index is 4.94. The smallest absolute Gasteiger partial charge is 0.171 e. The van der Waals surface area contributed by atoms with E-state index in [4.69, 9.17) is 4.98 Å². The van der Waals surface area contributed by atoms with Crippen LogP contribution in [0.5, 0.6) is 0 Å². The molecule has 0 radical (unpaired) electrons. The minimum Gasteiger partial charge on any atom is -0.358 e. The zero-order valence-corrected chi connectivity index (χ0v) is 20.3. The van der Waals surface area contributed by atoms with Gasteiger partial charge in [-0.15, -0.1) is 0 Å². The number of para-hydroxylation sites is 1. The summed E-state index contributed by atoms with van der Waals surface area (Å²) in [4.78, 5) is 4.94. The molecule has 1 aromatic carbocycles. The highest BCUT2D eigenvalue weighted by molar-refractivity contribution is 14.1. The second kappa shape index (κ2) is 7.95. The molecular weight excluding hydrogens is 461 g/mol. The lowest BCUT2D eigenvalue weighted by atomic mass is 10.3. The quantitative estimate of drug-likeness (QED) is 0.288. The van der Waals surface area contributed by atoms with E-state index < -0.39 is 8.24 Å². The van der Waals surface area contributed by atoms with Crippen molar-refractivity contribution in [1.29, 1.82) is 0 Å². The highest BCUT2D eigenvalue weighted by atomic mass is 127. The van der Waals surface area contributed by atoms with Gasteiger partial charge in [0.2, 0.25) is 0 Å². The van der Waals surface area contributed by atoms with E-state index in [1.54, 1.807) is 0 Å². The molecule has 0 aliphatic heterocycles. The summed E-state index contributed by atoms with van der Waals surface area (Å²) >= 11 is 2.47. The molecule has 2 aromatic heterocycles. The minimum absolute atomic E-state index is 0.646. The van der Waals surface area contributed by atoms with Gasteiger partial charge in [-0.2, -0.15) is 0 Å². The first-order valence-electron chi connectivity index (χ1n) is 9.77. The van der Waals surface area contributed by atoms with E-state index in [0.717, 1.165) is 17.0 Å². The van der Waals surface area contributed by atoms with Crippen LogP contribution in [0.15, 0.2) is 48.8 Å². The van der Waals surface area contributed by atoms with Crippen LogP contribution in [0, 0.1) is 3.57 Å². The van der Waals surface area contributed by atoms with Gasteiger partial charge in [-0.25, -0.2) is 4.98 Å². The molecule has 0 fully saturated rings. The van der Waals surface area contributed by atoms with Gasteiger partial charge in [-0.1, -0.05) is 59.7 Å². The SMILES string of the molecule is CC(C)[Si](C(C)C)(C(C)C)n1cc(I)c2cc(Nc3ccccc3)cnc21. The number of anilines is 2. The largest absolute Gasteiger partial charge is 0.358 e. The van der Waals surface area contributed by atoms with Crippen molar-refractivity contribution in [1.82, 2.24) is 9.22 Å². The molecular formula is C22H30IN3Si. The van der Waals surface area contributed by atoms with Crippen molar-refractivity contribution >= 4 is 53.2 Å². The van der Waals surface area contributed by atoms with Crippen molar-refractivity contribution < 1.29 is 0 Å². The predicted octanol–water partition coefficient (Wildman–Crippen LogP) is 7.41. The molecule has 3 rings (SSSR count). The lowest BCUT2D eigenvalue weighted by Crippen LogP contribution is -2.51. The van der Waals surface area contributed by atoms with Crippen molar-refractivity contribution in [2.24, 2.45) is 0 Å². The van der Waals surface area contributed by atoms with Crippen LogP contribution in [0.1, 0.15) is 41.5 Å². The van der Waals surface area contributed by atoms with E-state index >= 15 is 0 Å². The van der Waals surface area contributed by atoms with Gasteiger partial charge in [0.1, 0.15) is 5.65 Å². The highest BCUT2D eigenvalue weighted by Crippen LogP contribution is 2.44. The monoisotopic (exact) mass is 491 g/mol. The van der Waals surface area contributed by atoms with E-state index in [1.807, 2.05) is 24.4 Å². The molecule has 0 amide bonds. The Morgan fingerprint density at radius 1 is 0.926 bits per heavy atom. The van der Waals surface area contributed by atoms with Crippen molar-refractivity contribution in [3.05, 3.63) is 52.4 Å². The van der Waals surface area contributed by atoms with Crippen molar-refractivity contribution in [2.75, 3.05) is 5.32 Å². The summed E-state index contributed by atoms with van der Waals surface area (Å²) in [7, 11) is -1.81. The lowest BCUT2D eigenvalue weighted by Gasteiger charge is -2.44. The molecule has 0 bridgehead atoms. The number of hydrogen-bond donors (Lipinski definition) is 1. The van der Waals surface area contributed by atoms with Crippen LogP contribution in [0.2, 0.25) is 16.6 Å². The number of pyridine rings is 1. The van der Waals surface area contributed by atoms with E-state index in [9.17, 15) is 0 Å². The second-order valence-electron chi connectivity index (χ2n) is 8.28. The molecule has 3 nitrogen and oxygen atoms in total. The number of aromatic nitrogens is 2. The van der Waals surface area contributed by atoms with E-state index in [-0.39, 0.29) is 0 Å². The van der Waals surface area contributed by atoms with E-state index in [2.05, 4.69) is 98.1 Å². The van der Waals surface area contributed by atoms with Crippen LogP contribution in [0.3, 0.4) is 0 Å². The average Bonchev–Trinajstić information content (AvgIpc) is 2.92. The molecule has 0 spiro atoms. The van der Waals surface area contributed by atoms with Gasteiger partial charge >= 0.3 is 0 Å². The van der Waals surface area contributed by atoms with Crippen LogP contribution in [0.25, 0.3) is 11.0 Å². The number of fused-ring (bicyclic) bond motifs is 1. The molecule has 0 aliphatic rings. The minimum atomic E-state index is -1.81. The van der Waals surface area contributed by atoms with Gasteiger partial charge in [0.15, 0.2) is 8.24 Å². The third kappa shape index (κ3) is 3.56. The van der Waals surface area contributed by atoms with Gasteiger partial charge in [0.25, 0.3) is 0 Å². The molecule has 0 unspecified atom stereocenters. The molecule has 3 aromatic rings. The summed E-state index contributed by atoms with van der Waals surface area (Å²) < 4.78 is 3.88. The van der Waals surface area contributed by atoms with Gasteiger partial charge in [0, 0.05) is 20.8 Å². The van der Waals surface area contributed by atoms with Gasteiger partial charge in [0.05, 0.1) is 11.9 Å². The van der Waals surface area contributed by atoms with Crippen molar-refractivity contribution in [2.45, 2.75) is 58.2 Å². The molecule has 27 heavy (non-hydrogen) atoms.